The molecule has 1 aliphatic heterocycles. The van der Waals surface area contributed by atoms with Gasteiger partial charge in [-0.2, -0.15) is 0 Å². The Morgan fingerprint density at radius 1 is 1.21 bits per heavy atom. The van der Waals surface area contributed by atoms with Crippen LogP contribution in [0.15, 0.2) is 47.8 Å². The number of non-ortho nitro benzene ring substituents is 1. The van der Waals surface area contributed by atoms with Crippen molar-refractivity contribution in [3.63, 3.8) is 0 Å². The van der Waals surface area contributed by atoms with Gasteiger partial charge in [0.25, 0.3) is 5.69 Å². The number of carbonyl (C=O) groups excluding carboxylic acids is 2. The lowest BCUT2D eigenvalue weighted by Crippen LogP contribution is -2.21. The molecule has 2 aromatic carbocycles. The first kappa shape index (κ1) is 23.4. The lowest BCUT2D eigenvalue weighted by atomic mass is 10.1. The van der Waals surface area contributed by atoms with Crippen molar-refractivity contribution in [1.29, 1.82) is 0 Å². The molecule has 0 atom stereocenters. The lowest BCUT2D eigenvalue weighted by Gasteiger charge is -2.20. The minimum atomic E-state index is -0.641. The summed E-state index contributed by atoms with van der Waals surface area (Å²) in [5.74, 6) is -0.823. The van der Waals surface area contributed by atoms with Gasteiger partial charge in [0.05, 0.1) is 28.3 Å². The first-order valence-electron chi connectivity index (χ1n) is 10.9. The summed E-state index contributed by atoms with van der Waals surface area (Å²) in [6.07, 6.45) is 2.12. The van der Waals surface area contributed by atoms with E-state index in [4.69, 9.17) is 4.74 Å². The Labute approximate surface area is 200 Å². The number of hydrogen-bond donors (Lipinski definition) is 1. The van der Waals surface area contributed by atoms with Crippen LogP contribution in [0.25, 0.3) is 0 Å². The molecule has 4 rings (SSSR count). The van der Waals surface area contributed by atoms with Crippen molar-refractivity contribution in [3.8, 4) is 0 Å². The SMILES string of the molecule is Cc1ccccc1NC(=O)Cc1nc(COC(=O)c2cc([N+](=O)[O-])ccc2N2CCCC2)cs1. The van der Waals surface area contributed by atoms with Crippen LogP contribution in [-0.4, -0.2) is 34.9 Å². The number of hydrogen-bond acceptors (Lipinski definition) is 8. The standard InChI is InChI=1S/C24H24N4O5S/c1-16-6-2-3-7-20(16)26-22(29)13-23-25-17(15-34-23)14-33-24(30)19-12-18(28(31)32)8-9-21(19)27-10-4-5-11-27/h2-3,6-9,12,15H,4-5,10-11,13-14H2,1H3,(H,26,29). The number of nitro benzene ring substituents is 1. The number of anilines is 2. The number of nitro groups is 1. The fraction of sp³-hybridized carbons (Fsp3) is 0.292. The molecule has 1 saturated heterocycles. The van der Waals surface area contributed by atoms with E-state index in [1.807, 2.05) is 36.1 Å². The third-order valence-electron chi connectivity index (χ3n) is 5.54. The van der Waals surface area contributed by atoms with E-state index in [9.17, 15) is 19.7 Å². The smallest absolute Gasteiger partial charge is 0.340 e. The van der Waals surface area contributed by atoms with Gasteiger partial charge in [-0.25, -0.2) is 9.78 Å². The molecule has 0 aliphatic carbocycles. The summed E-state index contributed by atoms with van der Waals surface area (Å²) >= 11 is 1.31. The number of aryl methyl sites for hydroxylation is 1. The summed E-state index contributed by atoms with van der Waals surface area (Å²) in [7, 11) is 0. The van der Waals surface area contributed by atoms with Crippen molar-refractivity contribution in [3.05, 3.63) is 79.8 Å². The summed E-state index contributed by atoms with van der Waals surface area (Å²) in [6.45, 7) is 3.41. The zero-order valence-electron chi connectivity index (χ0n) is 18.7. The number of aromatic nitrogens is 1. The monoisotopic (exact) mass is 480 g/mol. The number of para-hydroxylation sites is 1. The first-order valence-corrected chi connectivity index (χ1v) is 11.8. The van der Waals surface area contributed by atoms with Crippen molar-refractivity contribution in [1.82, 2.24) is 4.98 Å². The van der Waals surface area contributed by atoms with E-state index in [-0.39, 0.29) is 30.2 Å². The van der Waals surface area contributed by atoms with Crippen LogP contribution in [0.1, 0.15) is 39.5 Å². The normalized spacial score (nSPS) is 13.0. The number of esters is 1. The van der Waals surface area contributed by atoms with Gasteiger partial charge in [0.15, 0.2) is 0 Å². The van der Waals surface area contributed by atoms with E-state index in [1.165, 1.54) is 23.5 Å². The average Bonchev–Trinajstić information content (AvgIpc) is 3.51. The molecular formula is C24H24N4O5S. The molecule has 1 aliphatic rings. The van der Waals surface area contributed by atoms with Crippen molar-refractivity contribution in [2.75, 3.05) is 23.3 Å². The highest BCUT2D eigenvalue weighted by Crippen LogP contribution is 2.29. The maximum atomic E-state index is 12.8. The van der Waals surface area contributed by atoms with Gasteiger partial charge in [-0.3, -0.25) is 14.9 Å². The first-order chi connectivity index (χ1) is 16.4. The molecule has 0 unspecified atom stereocenters. The van der Waals surface area contributed by atoms with E-state index < -0.39 is 10.9 Å². The van der Waals surface area contributed by atoms with Crippen LogP contribution in [0.2, 0.25) is 0 Å². The maximum Gasteiger partial charge on any atom is 0.340 e. The molecule has 9 nitrogen and oxygen atoms in total. The van der Waals surface area contributed by atoms with Gasteiger partial charge in [0, 0.05) is 36.3 Å². The van der Waals surface area contributed by atoms with E-state index >= 15 is 0 Å². The highest BCUT2D eigenvalue weighted by Gasteiger charge is 2.24. The number of nitrogens with zero attached hydrogens (tertiary/aromatic N) is 3. The lowest BCUT2D eigenvalue weighted by molar-refractivity contribution is -0.384. The molecule has 1 amide bonds. The largest absolute Gasteiger partial charge is 0.455 e. The third-order valence-corrected chi connectivity index (χ3v) is 6.44. The summed E-state index contributed by atoms with van der Waals surface area (Å²) in [4.78, 5) is 42.3. The highest BCUT2D eigenvalue weighted by atomic mass is 32.1. The summed E-state index contributed by atoms with van der Waals surface area (Å²) in [5.41, 5.74) is 2.89. The topological polar surface area (TPSA) is 115 Å². The van der Waals surface area contributed by atoms with Gasteiger partial charge < -0.3 is 15.0 Å². The third kappa shape index (κ3) is 5.57. The van der Waals surface area contributed by atoms with Gasteiger partial charge in [-0.15, -0.1) is 11.3 Å². The van der Waals surface area contributed by atoms with Gasteiger partial charge in [-0.05, 0) is 37.5 Å². The molecule has 1 N–H and O–H groups in total. The molecule has 3 aromatic rings. The molecule has 0 bridgehead atoms. The van der Waals surface area contributed by atoms with Crippen LogP contribution >= 0.6 is 11.3 Å². The number of benzene rings is 2. The Morgan fingerprint density at radius 3 is 2.71 bits per heavy atom. The fourth-order valence-electron chi connectivity index (χ4n) is 3.79. The van der Waals surface area contributed by atoms with Crippen LogP contribution in [-0.2, 0) is 22.6 Å². The van der Waals surface area contributed by atoms with Gasteiger partial charge in [0.2, 0.25) is 5.91 Å². The van der Waals surface area contributed by atoms with Crippen molar-refractivity contribution in [2.45, 2.75) is 32.8 Å². The van der Waals surface area contributed by atoms with Crippen LogP contribution in [0.5, 0.6) is 0 Å². The summed E-state index contributed by atoms with van der Waals surface area (Å²) in [6, 6.07) is 11.8. The minimum Gasteiger partial charge on any atom is -0.455 e. The molecule has 1 fully saturated rings. The minimum absolute atomic E-state index is 0.0864. The summed E-state index contributed by atoms with van der Waals surface area (Å²) in [5, 5.41) is 16.4. The maximum absolute atomic E-state index is 12.8. The predicted molar refractivity (Wildman–Crippen MR) is 129 cm³/mol. The van der Waals surface area contributed by atoms with Crippen molar-refractivity contribution in [2.24, 2.45) is 0 Å². The van der Waals surface area contributed by atoms with Crippen LogP contribution < -0.4 is 10.2 Å². The number of nitrogens with one attached hydrogen (secondary N) is 1. The van der Waals surface area contributed by atoms with Gasteiger partial charge in [-0.1, -0.05) is 18.2 Å². The molecule has 2 heterocycles. The molecule has 0 saturated carbocycles. The van der Waals surface area contributed by atoms with E-state index in [0.717, 1.165) is 37.2 Å². The van der Waals surface area contributed by atoms with Crippen LogP contribution in [0.4, 0.5) is 17.1 Å². The second kappa shape index (κ2) is 10.4. The quantitative estimate of drug-likeness (QED) is 0.287. The molecule has 34 heavy (non-hydrogen) atoms. The highest BCUT2D eigenvalue weighted by molar-refractivity contribution is 7.09. The second-order valence-electron chi connectivity index (χ2n) is 8.00. The molecule has 0 spiro atoms. The molecule has 10 heteroatoms. The Morgan fingerprint density at radius 2 is 1.97 bits per heavy atom. The van der Waals surface area contributed by atoms with E-state index in [0.29, 0.717) is 16.4 Å². The zero-order chi connectivity index (χ0) is 24.1. The van der Waals surface area contributed by atoms with Crippen molar-refractivity contribution < 1.29 is 19.2 Å². The average molecular weight is 481 g/mol. The predicted octanol–water partition coefficient (Wildman–Crippen LogP) is 4.50. The number of thiazole rings is 1. The Bertz CT molecular complexity index is 1220. The summed E-state index contributed by atoms with van der Waals surface area (Å²) < 4.78 is 5.43. The number of ether oxygens (including phenoxy) is 1. The fourth-order valence-corrected chi connectivity index (χ4v) is 4.57. The van der Waals surface area contributed by atoms with Crippen molar-refractivity contribution >= 4 is 40.3 Å². The molecular weight excluding hydrogens is 456 g/mol. The van der Waals surface area contributed by atoms with E-state index in [2.05, 4.69) is 10.3 Å². The van der Waals surface area contributed by atoms with Gasteiger partial charge in [0.1, 0.15) is 11.6 Å². The number of carbonyl (C=O) groups is 2. The Balaban J connectivity index is 1.39. The van der Waals surface area contributed by atoms with Crippen LogP contribution in [0.3, 0.4) is 0 Å². The Hall–Kier alpha value is -3.79. The van der Waals surface area contributed by atoms with Crippen LogP contribution in [0, 0.1) is 17.0 Å². The molecule has 176 valence electrons. The Kier molecular flexibility index (Phi) is 7.17. The molecule has 1 aromatic heterocycles. The number of rotatable bonds is 8. The second-order valence-corrected chi connectivity index (χ2v) is 8.94. The molecule has 0 radical (unpaired) electrons. The zero-order valence-corrected chi connectivity index (χ0v) is 19.5. The number of amides is 1. The van der Waals surface area contributed by atoms with Gasteiger partial charge >= 0.3 is 5.97 Å². The van der Waals surface area contributed by atoms with E-state index in [1.54, 1.807) is 11.4 Å².